The van der Waals surface area contributed by atoms with Crippen molar-refractivity contribution in [1.29, 1.82) is 0 Å². The highest BCUT2D eigenvalue weighted by atomic mass is 16.5. The Morgan fingerprint density at radius 1 is 0.652 bits per heavy atom. The molecule has 3 aromatic rings. The minimum absolute atomic E-state index is 0.00255. The molecule has 0 saturated heterocycles. The molecule has 0 aliphatic heterocycles. The average Bonchev–Trinajstić information content (AvgIpc) is 2.61. The van der Waals surface area contributed by atoms with Crippen molar-refractivity contribution in [3.05, 3.63) is 90.0 Å². The molecule has 3 rings (SSSR count). The van der Waals surface area contributed by atoms with Crippen LogP contribution in [-0.2, 0) is 13.2 Å². The van der Waals surface area contributed by atoms with Gasteiger partial charge in [0, 0.05) is 6.07 Å². The third kappa shape index (κ3) is 4.34. The van der Waals surface area contributed by atoms with Crippen LogP contribution in [0.4, 0.5) is 0 Å². The van der Waals surface area contributed by atoms with Gasteiger partial charge in [0.05, 0.1) is 6.61 Å². The molecule has 0 unspecified atom stereocenters. The number of hydrogen-bond acceptors (Lipinski definition) is 3. The van der Waals surface area contributed by atoms with Gasteiger partial charge in [0.25, 0.3) is 0 Å². The fraction of sp³-hybridized carbons (Fsp3) is 0.100. The molecule has 0 spiro atoms. The maximum absolute atomic E-state index is 9.17. The van der Waals surface area contributed by atoms with E-state index < -0.39 is 0 Å². The van der Waals surface area contributed by atoms with Gasteiger partial charge >= 0.3 is 0 Å². The highest BCUT2D eigenvalue weighted by molar-refractivity contribution is 5.38. The average molecular weight is 306 g/mol. The minimum Gasteiger partial charge on any atom is -0.489 e. The summed E-state index contributed by atoms with van der Waals surface area (Å²) in [6.07, 6.45) is 0. The van der Waals surface area contributed by atoms with E-state index in [0.717, 1.165) is 16.9 Å². The smallest absolute Gasteiger partial charge is 0.131 e. The van der Waals surface area contributed by atoms with Crippen molar-refractivity contribution in [1.82, 2.24) is 0 Å². The minimum atomic E-state index is -0.00255. The third-order valence-electron chi connectivity index (χ3n) is 3.37. The molecule has 116 valence electrons. The van der Waals surface area contributed by atoms with Gasteiger partial charge < -0.3 is 14.6 Å². The fourth-order valence-electron chi connectivity index (χ4n) is 2.21. The SMILES string of the molecule is OCc1cccc(Oc2cccc(OCc3ccccc3)c2)c1. The predicted molar refractivity (Wildman–Crippen MR) is 89.7 cm³/mol. The van der Waals surface area contributed by atoms with E-state index in [0.29, 0.717) is 18.1 Å². The highest BCUT2D eigenvalue weighted by Gasteiger charge is 2.02. The van der Waals surface area contributed by atoms with Gasteiger partial charge in [-0.3, -0.25) is 0 Å². The fourth-order valence-corrected chi connectivity index (χ4v) is 2.21. The molecule has 3 heteroatoms. The Morgan fingerprint density at radius 2 is 1.30 bits per heavy atom. The predicted octanol–water partition coefficient (Wildman–Crippen LogP) is 4.55. The summed E-state index contributed by atoms with van der Waals surface area (Å²) in [6, 6.07) is 24.9. The molecule has 0 radical (unpaired) electrons. The molecule has 0 bridgehead atoms. The Bertz CT molecular complexity index is 754. The van der Waals surface area contributed by atoms with Crippen molar-refractivity contribution in [2.75, 3.05) is 0 Å². The molecule has 3 nitrogen and oxygen atoms in total. The Morgan fingerprint density at radius 3 is 2.09 bits per heavy atom. The Balaban J connectivity index is 1.67. The van der Waals surface area contributed by atoms with E-state index in [1.807, 2.05) is 78.9 Å². The number of aliphatic hydroxyl groups is 1. The van der Waals surface area contributed by atoms with E-state index in [-0.39, 0.29) is 6.61 Å². The van der Waals surface area contributed by atoms with Gasteiger partial charge in [0.15, 0.2) is 0 Å². The van der Waals surface area contributed by atoms with Crippen molar-refractivity contribution >= 4 is 0 Å². The number of ether oxygens (including phenoxy) is 2. The van der Waals surface area contributed by atoms with Crippen LogP contribution in [0, 0.1) is 0 Å². The summed E-state index contributed by atoms with van der Waals surface area (Å²) in [7, 11) is 0. The van der Waals surface area contributed by atoms with E-state index >= 15 is 0 Å². The molecule has 23 heavy (non-hydrogen) atoms. The van der Waals surface area contributed by atoms with Crippen LogP contribution < -0.4 is 9.47 Å². The monoisotopic (exact) mass is 306 g/mol. The summed E-state index contributed by atoms with van der Waals surface area (Å²) in [5.74, 6) is 2.15. The van der Waals surface area contributed by atoms with Gasteiger partial charge in [-0.25, -0.2) is 0 Å². The van der Waals surface area contributed by atoms with Crippen molar-refractivity contribution < 1.29 is 14.6 Å². The van der Waals surface area contributed by atoms with Crippen LogP contribution in [0.15, 0.2) is 78.9 Å². The van der Waals surface area contributed by atoms with Crippen molar-refractivity contribution in [2.45, 2.75) is 13.2 Å². The number of benzene rings is 3. The lowest BCUT2D eigenvalue weighted by Crippen LogP contribution is -1.95. The van der Waals surface area contributed by atoms with E-state index in [1.165, 1.54) is 0 Å². The van der Waals surface area contributed by atoms with Crippen molar-refractivity contribution in [3.63, 3.8) is 0 Å². The van der Waals surface area contributed by atoms with Crippen LogP contribution in [0.25, 0.3) is 0 Å². The largest absolute Gasteiger partial charge is 0.489 e. The van der Waals surface area contributed by atoms with Gasteiger partial charge in [-0.2, -0.15) is 0 Å². The van der Waals surface area contributed by atoms with Gasteiger partial charge in [0.1, 0.15) is 23.9 Å². The molecule has 3 aromatic carbocycles. The van der Waals surface area contributed by atoms with Crippen LogP contribution in [0.2, 0.25) is 0 Å². The van der Waals surface area contributed by atoms with Gasteiger partial charge in [-0.05, 0) is 35.4 Å². The second-order valence-corrected chi connectivity index (χ2v) is 5.16. The molecule has 0 aliphatic carbocycles. The van der Waals surface area contributed by atoms with Crippen LogP contribution in [0.5, 0.6) is 17.2 Å². The molecule has 0 heterocycles. The van der Waals surface area contributed by atoms with Crippen LogP contribution >= 0.6 is 0 Å². The molecular weight excluding hydrogens is 288 g/mol. The lowest BCUT2D eigenvalue weighted by atomic mass is 10.2. The van der Waals surface area contributed by atoms with Crippen LogP contribution in [0.3, 0.4) is 0 Å². The Kier molecular flexibility index (Phi) is 4.92. The normalized spacial score (nSPS) is 10.3. The molecule has 0 aliphatic rings. The first-order valence-electron chi connectivity index (χ1n) is 7.48. The maximum Gasteiger partial charge on any atom is 0.131 e. The highest BCUT2D eigenvalue weighted by Crippen LogP contribution is 2.26. The second kappa shape index (κ2) is 7.47. The summed E-state index contributed by atoms with van der Waals surface area (Å²) in [5.41, 5.74) is 1.94. The molecule has 0 fully saturated rings. The molecular formula is C20H18O3. The van der Waals surface area contributed by atoms with Crippen molar-refractivity contribution in [2.24, 2.45) is 0 Å². The van der Waals surface area contributed by atoms with E-state index in [4.69, 9.17) is 9.47 Å². The molecule has 0 atom stereocenters. The summed E-state index contributed by atoms with van der Waals surface area (Å²) in [5, 5.41) is 9.17. The second-order valence-electron chi connectivity index (χ2n) is 5.16. The third-order valence-corrected chi connectivity index (χ3v) is 3.37. The first kappa shape index (κ1) is 15.1. The molecule has 0 amide bonds. The Hall–Kier alpha value is -2.78. The van der Waals surface area contributed by atoms with Crippen molar-refractivity contribution in [3.8, 4) is 17.2 Å². The quantitative estimate of drug-likeness (QED) is 0.726. The lowest BCUT2D eigenvalue weighted by molar-refractivity contribution is 0.281. The lowest BCUT2D eigenvalue weighted by Gasteiger charge is -2.10. The topological polar surface area (TPSA) is 38.7 Å². The summed E-state index contributed by atoms with van der Waals surface area (Å²) < 4.78 is 11.6. The summed E-state index contributed by atoms with van der Waals surface area (Å²) in [6.45, 7) is 0.516. The maximum atomic E-state index is 9.17. The molecule has 0 saturated carbocycles. The first-order valence-corrected chi connectivity index (χ1v) is 7.48. The van der Waals surface area contributed by atoms with Gasteiger partial charge in [-0.15, -0.1) is 0 Å². The molecule has 0 aromatic heterocycles. The van der Waals surface area contributed by atoms with E-state index in [1.54, 1.807) is 0 Å². The van der Waals surface area contributed by atoms with Gasteiger partial charge in [-0.1, -0.05) is 48.5 Å². The first-order chi connectivity index (χ1) is 11.3. The summed E-state index contributed by atoms with van der Waals surface area (Å²) in [4.78, 5) is 0. The zero-order chi connectivity index (χ0) is 15.9. The van der Waals surface area contributed by atoms with E-state index in [9.17, 15) is 5.11 Å². The zero-order valence-electron chi connectivity index (χ0n) is 12.7. The summed E-state index contributed by atoms with van der Waals surface area (Å²) >= 11 is 0. The van der Waals surface area contributed by atoms with Gasteiger partial charge in [0.2, 0.25) is 0 Å². The van der Waals surface area contributed by atoms with E-state index in [2.05, 4.69) is 0 Å². The Labute approximate surface area is 135 Å². The zero-order valence-corrected chi connectivity index (χ0v) is 12.7. The van der Waals surface area contributed by atoms with Crippen LogP contribution in [0.1, 0.15) is 11.1 Å². The molecule has 1 N–H and O–H groups in total. The number of hydrogen-bond donors (Lipinski definition) is 1. The number of rotatable bonds is 6. The van der Waals surface area contributed by atoms with Crippen LogP contribution in [-0.4, -0.2) is 5.11 Å². The standard InChI is InChI=1S/C20H18O3/c21-14-17-8-4-10-19(12-17)23-20-11-5-9-18(13-20)22-15-16-6-2-1-3-7-16/h1-13,21H,14-15H2. The number of aliphatic hydroxyl groups excluding tert-OH is 1.